The maximum atomic E-state index is 12.8. The zero-order valence-electron chi connectivity index (χ0n) is 13.6. The van der Waals surface area contributed by atoms with Gasteiger partial charge in [0.1, 0.15) is 0 Å². The summed E-state index contributed by atoms with van der Waals surface area (Å²) in [6.45, 7) is 4.39. The Morgan fingerprint density at radius 1 is 0.917 bits per heavy atom. The van der Waals surface area contributed by atoms with E-state index in [2.05, 4.69) is 60.1 Å². The third-order valence-electron chi connectivity index (χ3n) is 4.91. The molecule has 2 aliphatic rings. The van der Waals surface area contributed by atoms with E-state index in [0.29, 0.717) is 0 Å². The quantitative estimate of drug-likeness (QED) is 0.622. The number of benzene rings is 2. The molecule has 2 aromatic rings. The first-order chi connectivity index (χ1) is 11.5. The van der Waals surface area contributed by atoms with Crippen LogP contribution in [0.1, 0.15) is 30.5 Å². The van der Waals surface area contributed by atoms with Crippen LogP contribution in [0.4, 0.5) is 0 Å². The number of hydrogen-bond donors (Lipinski definition) is 0. The van der Waals surface area contributed by atoms with Gasteiger partial charge in [0.25, 0.3) is 0 Å². The number of carbonyl (C=O) groups excluding carboxylic acids is 1. The summed E-state index contributed by atoms with van der Waals surface area (Å²) in [6.07, 6.45) is 5.95. The van der Waals surface area contributed by atoms with Crippen LogP contribution in [-0.2, 0) is 10.2 Å². The van der Waals surface area contributed by atoms with E-state index >= 15 is 0 Å². The summed E-state index contributed by atoms with van der Waals surface area (Å²) in [6, 6.07) is 16.4. The number of rotatable bonds is 1. The molecule has 2 aromatic carbocycles. The summed E-state index contributed by atoms with van der Waals surface area (Å²) < 4.78 is 1.02. The molecule has 24 heavy (non-hydrogen) atoms. The molecule has 0 aromatic heterocycles. The van der Waals surface area contributed by atoms with Crippen molar-refractivity contribution in [1.82, 2.24) is 0 Å². The van der Waals surface area contributed by atoms with Crippen LogP contribution in [0.2, 0.25) is 0 Å². The van der Waals surface area contributed by atoms with Crippen molar-refractivity contribution in [1.29, 1.82) is 0 Å². The lowest BCUT2D eigenvalue weighted by atomic mass is 9.66. The van der Waals surface area contributed by atoms with E-state index in [4.69, 9.17) is 0 Å². The summed E-state index contributed by atoms with van der Waals surface area (Å²) in [5.41, 5.74) is 6.16. The van der Waals surface area contributed by atoms with Crippen LogP contribution < -0.4 is 0 Å². The number of allylic oxidation sites excluding steroid dienone is 5. The Balaban J connectivity index is 1.91. The second-order valence-corrected chi connectivity index (χ2v) is 7.72. The predicted octanol–water partition coefficient (Wildman–Crippen LogP) is 5.72. The van der Waals surface area contributed by atoms with Gasteiger partial charge in [0.2, 0.25) is 0 Å². The molecule has 118 valence electrons. The molecule has 0 saturated heterocycles. The number of fused-ring (bicyclic) bond motifs is 2. The molecule has 0 spiro atoms. The highest BCUT2D eigenvalue weighted by molar-refractivity contribution is 9.10. The molecule has 0 bridgehead atoms. The van der Waals surface area contributed by atoms with E-state index in [9.17, 15) is 4.79 Å². The summed E-state index contributed by atoms with van der Waals surface area (Å²) >= 11 is 3.51. The van der Waals surface area contributed by atoms with Crippen LogP contribution in [0.15, 0.2) is 76.3 Å². The van der Waals surface area contributed by atoms with Gasteiger partial charge in [0.15, 0.2) is 5.78 Å². The second kappa shape index (κ2) is 5.42. The zero-order chi connectivity index (χ0) is 16.9. The second-order valence-electron chi connectivity index (χ2n) is 6.80. The van der Waals surface area contributed by atoms with Crippen LogP contribution in [-0.4, -0.2) is 5.78 Å². The van der Waals surface area contributed by atoms with Crippen LogP contribution in [0.25, 0.3) is 11.6 Å². The van der Waals surface area contributed by atoms with Gasteiger partial charge in [0.05, 0.1) is 0 Å². The molecule has 0 saturated carbocycles. The Morgan fingerprint density at radius 3 is 2.50 bits per heavy atom. The molecule has 0 radical (unpaired) electrons. The van der Waals surface area contributed by atoms with E-state index in [-0.39, 0.29) is 11.2 Å². The number of halogens is 1. The fourth-order valence-corrected chi connectivity index (χ4v) is 4.02. The molecule has 0 fully saturated rings. The minimum absolute atomic E-state index is 0.0880. The average molecular weight is 377 g/mol. The first-order valence-electron chi connectivity index (χ1n) is 8.02. The van der Waals surface area contributed by atoms with E-state index in [1.165, 1.54) is 5.56 Å². The van der Waals surface area contributed by atoms with Crippen molar-refractivity contribution in [2.45, 2.75) is 19.3 Å². The van der Waals surface area contributed by atoms with Gasteiger partial charge in [-0.15, -0.1) is 0 Å². The first kappa shape index (κ1) is 15.3. The van der Waals surface area contributed by atoms with E-state index in [1.807, 2.05) is 30.3 Å². The Hall–Kier alpha value is -2.19. The molecule has 0 heterocycles. The van der Waals surface area contributed by atoms with Gasteiger partial charge in [-0.2, -0.15) is 0 Å². The highest BCUT2D eigenvalue weighted by Crippen LogP contribution is 2.46. The lowest BCUT2D eigenvalue weighted by Gasteiger charge is -2.36. The van der Waals surface area contributed by atoms with Crippen molar-refractivity contribution in [3.05, 3.63) is 93.0 Å². The van der Waals surface area contributed by atoms with Crippen molar-refractivity contribution in [3.63, 3.8) is 0 Å². The Kier molecular flexibility index (Phi) is 3.47. The van der Waals surface area contributed by atoms with Gasteiger partial charge < -0.3 is 0 Å². The Labute approximate surface area is 150 Å². The molecule has 0 unspecified atom stereocenters. The smallest absolute Gasteiger partial charge is 0.186 e. The van der Waals surface area contributed by atoms with Crippen molar-refractivity contribution in [2.75, 3.05) is 0 Å². The largest absolute Gasteiger partial charge is 0.289 e. The fraction of sp³-hybridized carbons (Fsp3) is 0.136. The van der Waals surface area contributed by atoms with Crippen LogP contribution in [0.3, 0.4) is 0 Å². The van der Waals surface area contributed by atoms with Crippen molar-refractivity contribution < 1.29 is 4.79 Å². The first-order valence-corrected chi connectivity index (χ1v) is 8.82. The summed E-state index contributed by atoms with van der Waals surface area (Å²) in [4.78, 5) is 12.8. The van der Waals surface area contributed by atoms with Gasteiger partial charge in [0, 0.05) is 15.5 Å². The van der Waals surface area contributed by atoms with Gasteiger partial charge in [-0.05, 0) is 58.2 Å². The molecule has 1 nitrogen and oxygen atoms in total. The molecule has 2 aliphatic carbocycles. The SMILES string of the molecule is CC1(C)C2=CC(c3cccc(Br)c3)=CC(=O)C2=Cc2ccccc21. The van der Waals surface area contributed by atoms with Crippen molar-refractivity contribution >= 4 is 33.4 Å². The molecule has 2 heteroatoms. The standard InChI is InChI=1S/C22H17BrO/c1-22(2)19-9-4-3-6-15(19)11-18-20(22)12-16(13-21(18)24)14-7-5-8-17(23)10-14/h3-13H,1-2H3. The average Bonchev–Trinajstić information content (AvgIpc) is 2.56. The van der Waals surface area contributed by atoms with Gasteiger partial charge >= 0.3 is 0 Å². The molecule has 0 amide bonds. The normalized spacial score (nSPS) is 18.1. The minimum atomic E-state index is -0.193. The van der Waals surface area contributed by atoms with Gasteiger partial charge in [-0.1, -0.05) is 66.2 Å². The molecular formula is C22H17BrO. The van der Waals surface area contributed by atoms with Gasteiger partial charge in [-0.25, -0.2) is 0 Å². The van der Waals surface area contributed by atoms with Crippen molar-refractivity contribution in [3.8, 4) is 0 Å². The van der Waals surface area contributed by atoms with Gasteiger partial charge in [-0.3, -0.25) is 4.79 Å². The predicted molar refractivity (Wildman–Crippen MR) is 103 cm³/mol. The minimum Gasteiger partial charge on any atom is -0.289 e. The molecule has 0 N–H and O–H groups in total. The number of carbonyl (C=O) groups is 1. The highest BCUT2D eigenvalue weighted by Gasteiger charge is 2.36. The lowest BCUT2D eigenvalue weighted by molar-refractivity contribution is -0.111. The summed E-state index contributed by atoms with van der Waals surface area (Å²) in [5.74, 6) is 0.0880. The molecule has 0 atom stereocenters. The fourth-order valence-electron chi connectivity index (χ4n) is 3.62. The zero-order valence-corrected chi connectivity index (χ0v) is 15.2. The van der Waals surface area contributed by atoms with Crippen LogP contribution in [0, 0.1) is 0 Å². The third kappa shape index (κ3) is 2.33. The lowest BCUT2D eigenvalue weighted by Crippen LogP contribution is -2.29. The number of ketones is 1. The third-order valence-corrected chi connectivity index (χ3v) is 5.40. The summed E-state index contributed by atoms with van der Waals surface area (Å²) in [5, 5.41) is 0. The molecular weight excluding hydrogens is 360 g/mol. The molecule has 0 aliphatic heterocycles. The molecule has 4 rings (SSSR count). The van der Waals surface area contributed by atoms with Crippen LogP contribution >= 0.6 is 15.9 Å². The van der Waals surface area contributed by atoms with E-state index in [1.54, 1.807) is 6.08 Å². The van der Waals surface area contributed by atoms with Crippen molar-refractivity contribution in [2.24, 2.45) is 0 Å². The summed E-state index contributed by atoms with van der Waals surface area (Å²) in [7, 11) is 0. The maximum Gasteiger partial charge on any atom is 0.186 e. The Morgan fingerprint density at radius 2 is 1.71 bits per heavy atom. The van der Waals surface area contributed by atoms with E-state index < -0.39 is 0 Å². The highest BCUT2D eigenvalue weighted by atomic mass is 79.9. The van der Waals surface area contributed by atoms with Crippen LogP contribution in [0.5, 0.6) is 0 Å². The topological polar surface area (TPSA) is 17.1 Å². The number of hydrogen-bond acceptors (Lipinski definition) is 1. The van der Waals surface area contributed by atoms with E-state index in [0.717, 1.165) is 32.3 Å². The monoisotopic (exact) mass is 376 g/mol. The Bertz CT molecular complexity index is 957. The maximum absolute atomic E-state index is 12.8.